The number of aromatic nitrogens is 1. The van der Waals surface area contributed by atoms with Crippen molar-refractivity contribution in [2.75, 3.05) is 6.67 Å². The number of nitrogens with zero attached hydrogens (tertiary/aromatic N) is 1. The molecule has 1 fully saturated rings. The van der Waals surface area contributed by atoms with E-state index < -0.39 is 0 Å². The van der Waals surface area contributed by atoms with Gasteiger partial charge in [-0.25, -0.2) is 0 Å². The van der Waals surface area contributed by atoms with Gasteiger partial charge in [-0.15, -0.1) is 0 Å². The molecule has 0 bridgehead atoms. The molecular weight excluding hydrogens is 162 g/mol. The van der Waals surface area contributed by atoms with Crippen molar-refractivity contribution in [3.05, 3.63) is 28.9 Å². The zero-order valence-corrected chi connectivity index (χ0v) is 7.25. The lowest BCUT2D eigenvalue weighted by atomic mass is 10.0. The Bertz CT molecular complexity index is 449. The number of fused-ring (bicyclic) bond motifs is 2. The Morgan fingerprint density at radius 2 is 2.46 bits per heavy atom. The lowest BCUT2D eigenvalue weighted by Crippen LogP contribution is -2.39. The summed E-state index contributed by atoms with van der Waals surface area (Å²) in [5.74, 6) is 0. The summed E-state index contributed by atoms with van der Waals surface area (Å²) in [6.07, 6.45) is 5.17. The number of pyridine rings is 1. The Labute approximate surface area is 76.2 Å². The standard InChI is InChI=1S/C10H11N3/c1-2-7-3-4-8-10(13-6-12-8)9(7)11-5-1/h1-3,5,8,12-13H,4,6H2. The van der Waals surface area contributed by atoms with Crippen LogP contribution in [0.3, 0.4) is 0 Å². The molecule has 13 heavy (non-hydrogen) atoms. The van der Waals surface area contributed by atoms with Crippen LogP contribution in [-0.2, 0) is 0 Å². The van der Waals surface area contributed by atoms with E-state index in [2.05, 4.69) is 27.8 Å². The average Bonchev–Trinajstić information content (AvgIpc) is 2.65. The van der Waals surface area contributed by atoms with Crippen LogP contribution in [0.4, 0.5) is 0 Å². The molecule has 3 rings (SSSR count). The normalized spacial score (nSPS) is 24.3. The zero-order valence-electron chi connectivity index (χ0n) is 7.25. The van der Waals surface area contributed by atoms with E-state index in [1.165, 1.54) is 10.9 Å². The molecule has 0 radical (unpaired) electrons. The molecule has 2 N–H and O–H groups in total. The van der Waals surface area contributed by atoms with Gasteiger partial charge in [0.05, 0.1) is 23.8 Å². The van der Waals surface area contributed by atoms with Crippen molar-refractivity contribution in [3.63, 3.8) is 0 Å². The molecule has 1 aliphatic carbocycles. The first-order valence-corrected chi connectivity index (χ1v) is 4.58. The molecule has 1 atom stereocenters. The van der Waals surface area contributed by atoms with Gasteiger partial charge in [0, 0.05) is 6.20 Å². The van der Waals surface area contributed by atoms with Gasteiger partial charge in [-0.3, -0.25) is 10.3 Å². The molecule has 1 saturated heterocycles. The average molecular weight is 173 g/mol. The van der Waals surface area contributed by atoms with Crippen molar-refractivity contribution in [2.24, 2.45) is 0 Å². The van der Waals surface area contributed by atoms with Crippen LogP contribution in [0, 0.1) is 0 Å². The van der Waals surface area contributed by atoms with Gasteiger partial charge in [-0.2, -0.15) is 0 Å². The highest BCUT2D eigenvalue weighted by atomic mass is 15.2. The predicted molar refractivity (Wildman–Crippen MR) is 50.9 cm³/mol. The van der Waals surface area contributed by atoms with Crippen molar-refractivity contribution in [1.29, 1.82) is 0 Å². The number of rotatable bonds is 0. The molecule has 1 aromatic heterocycles. The summed E-state index contributed by atoms with van der Waals surface area (Å²) in [6.45, 7) is 0.865. The molecular formula is C10H11N3. The molecule has 0 spiro atoms. The highest BCUT2D eigenvalue weighted by molar-refractivity contribution is 5.55. The van der Waals surface area contributed by atoms with E-state index in [0.717, 1.165) is 18.4 Å². The predicted octanol–water partition coefficient (Wildman–Crippen LogP) is -1.11. The Morgan fingerprint density at radius 3 is 3.46 bits per heavy atom. The van der Waals surface area contributed by atoms with Crippen LogP contribution in [0.15, 0.2) is 18.3 Å². The summed E-state index contributed by atoms with van der Waals surface area (Å²) in [7, 11) is 0. The van der Waals surface area contributed by atoms with Crippen molar-refractivity contribution < 1.29 is 0 Å². The first-order valence-electron chi connectivity index (χ1n) is 4.58. The molecule has 0 amide bonds. The Morgan fingerprint density at radius 1 is 1.46 bits per heavy atom. The third kappa shape index (κ3) is 0.971. The number of hydrogen-bond donors (Lipinski definition) is 2. The Balaban J connectivity index is 2.38. The fourth-order valence-electron chi connectivity index (χ4n) is 2.00. The topological polar surface area (TPSA) is 37.0 Å². The lowest BCUT2D eigenvalue weighted by molar-refractivity contribution is 0.689. The maximum Gasteiger partial charge on any atom is 0.0904 e. The molecule has 2 aliphatic rings. The maximum absolute atomic E-state index is 4.39. The van der Waals surface area contributed by atoms with E-state index in [9.17, 15) is 0 Å². The van der Waals surface area contributed by atoms with Crippen molar-refractivity contribution in [1.82, 2.24) is 15.6 Å². The largest absolute Gasteiger partial charge is 0.373 e. The van der Waals surface area contributed by atoms with Crippen LogP contribution in [0.25, 0.3) is 11.8 Å². The van der Waals surface area contributed by atoms with Gasteiger partial charge in [0.25, 0.3) is 0 Å². The van der Waals surface area contributed by atoms with Crippen LogP contribution < -0.4 is 21.2 Å². The summed E-state index contributed by atoms with van der Waals surface area (Å²) in [4.78, 5) is 4.39. The van der Waals surface area contributed by atoms with Gasteiger partial charge in [0.1, 0.15) is 0 Å². The minimum absolute atomic E-state index is 0.461. The molecule has 3 nitrogen and oxygen atoms in total. The maximum atomic E-state index is 4.39. The van der Waals surface area contributed by atoms with E-state index in [-0.39, 0.29) is 0 Å². The molecule has 3 heteroatoms. The van der Waals surface area contributed by atoms with E-state index in [1.54, 1.807) is 0 Å². The summed E-state index contributed by atoms with van der Waals surface area (Å²) < 4.78 is 0. The van der Waals surface area contributed by atoms with E-state index in [4.69, 9.17) is 0 Å². The molecule has 2 heterocycles. The fraction of sp³-hybridized carbons (Fsp3) is 0.300. The highest BCUT2D eigenvalue weighted by Gasteiger charge is 2.21. The summed E-state index contributed by atoms with van der Waals surface area (Å²) in [5.41, 5.74) is 1.26. The van der Waals surface area contributed by atoms with E-state index in [1.807, 2.05) is 12.3 Å². The monoisotopic (exact) mass is 173 g/mol. The van der Waals surface area contributed by atoms with Gasteiger partial charge in [-0.05, 0) is 17.7 Å². The van der Waals surface area contributed by atoms with Gasteiger partial charge < -0.3 is 5.32 Å². The summed E-state index contributed by atoms with van der Waals surface area (Å²) >= 11 is 0. The molecule has 1 aliphatic heterocycles. The van der Waals surface area contributed by atoms with Gasteiger partial charge in [-0.1, -0.05) is 12.1 Å². The third-order valence-electron chi connectivity index (χ3n) is 2.64. The van der Waals surface area contributed by atoms with Crippen LogP contribution in [0.5, 0.6) is 0 Å². The number of nitrogens with one attached hydrogen (secondary N) is 2. The second-order valence-electron chi connectivity index (χ2n) is 3.41. The molecule has 0 aromatic carbocycles. The zero-order chi connectivity index (χ0) is 8.67. The Kier molecular flexibility index (Phi) is 1.40. The fourth-order valence-corrected chi connectivity index (χ4v) is 2.00. The number of hydrogen-bond acceptors (Lipinski definition) is 3. The SMILES string of the molecule is C1=c2cccnc2=C2NCNC2C1. The van der Waals surface area contributed by atoms with E-state index in [0.29, 0.717) is 6.04 Å². The van der Waals surface area contributed by atoms with Crippen LogP contribution in [0.2, 0.25) is 0 Å². The molecule has 1 aromatic rings. The van der Waals surface area contributed by atoms with Crippen molar-refractivity contribution in [2.45, 2.75) is 12.5 Å². The summed E-state index contributed by atoms with van der Waals surface area (Å²) in [6, 6.07) is 4.56. The van der Waals surface area contributed by atoms with Gasteiger partial charge in [0.2, 0.25) is 0 Å². The first kappa shape index (κ1) is 7.09. The van der Waals surface area contributed by atoms with Gasteiger partial charge >= 0.3 is 0 Å². The first-order chi connectivity index (χ1) is 6.45. The van der Waals surface area contributed by atoms with Crippen LogP contribution in [-0.4, -0.2) is 17.7 Å². The van der Waals surface area contributed by atoms with Crippen LogP contribution in [0.1, 0.15) is 6.42 Å². The van der Waals surface area contributed by atoms with Gasteiger partial charge in [0.15, 0.2) is 0 Å². The molecule has 66 valence electrons. The summed E-state index contributed by atoms with van der Waals surface area (Å²) in [5, 5.41) is 9.09. The minimum atomic E-state index is 0.461. The highest BCUT2D eigenvalue weighted by Crippen LogP contribution is 2.09. The van der Waals surface area contributed by atoms with E-state index >= 15 is 0 Å². The second kappa shape index (κ2) is 2.57. The minimum Gasteiger partial charge on any atom is -0.373 e. The third-order valence-corrected chi connectivity index (χ3v) is 2.64. The second-order valence-corrected chi connectivity index (χ2v) is 3.41. The van der Waals surface area contributed by atoms with Crippen molar-refractivity contribution in [3.8, 4) is 0 Å². The lowest BCUT2D eigenvalue weighted by Gasteiger charge is -2.12. The van der Waals surface area contributed by atoms with Crippen molar-refractivity contribution >= 4 is 11.8 Å². The smallest absolute Gasteiger partial charge is 0.0904 e. The quantitative estimate of drug-likeness (QED) is 0.522. The van der Waals surface area contributed by atoms with Crippen LogP contribution >= 0.6 is 0 Å². The molecule has 0 saturated carbocycles. The molecule has 1 unspecified atom stereocenters. The Hall–Kier alpha value is -1.35.